The van der Waals surface area contributed by atoms with Crippen molar-refractivity contribution in [2.75, 3.05) is 33.2 Å². The third-order valence-corrected chi connectivity index (χ3v) is 6.35. The number of nitrogens with two attached hydrogens (primary N) is 1. The Labute approximate surface area is 124 Å². The molecule has 0 aromatic heterocycles. The van der Waals surface area contributed by atoms with E-state index in [0.717, 1.165) is 32.7 Å². The molecule has 1 unspecified atom stereocenters. The highest BCUT2D eigenvalue weighted by Crippen LogP contribution is 2.13. The van der Waals surface area contributed by atoms with E-state index in [1.807, 2.05) is 0 Å². The van der Waals surface area contributed by atoms with Crippen molar-refractivity contribution >= 4 is 13.3 Å². The maximum absolute atomic E-state index is 5.93. The molecule has 3 nitrogen and oxygen atoms in total. The lowest BCUT2D eigenvalue weighted by molar-refractivity contribution is 0.0881. The standard InChI is InChI=1S/C16H29N3Si/c1-18-9-10-19(15(11-17)13-18)12-14-5-7-16(8-6-14)20(2,3)4/h5-8,15H,9-13,17H2,1-4H3. The van der Waals surface area contributed by atoms with Crippen LogP contribution in [0.2, 0.25) is 19.6 Å². The highest BCUT2D eigenvalue weighted by atomic mass is 28.3. The number of rotatable bonds is 4. The third kappa shape index (κ3) is 3.91. The normalized spacial score (nSPS) is 22.1. The van der Waals surface area contributed by atoms with Crippen molar-refractivity contribution in [2.45, 2.75) is 32.2 Å². The number of nitrogens with zero attached hydrogens (tertiary/aromatic N) is 2. The van der Waals surface area contributed by atoms with Gasteiger partial charge in [-0.1, -0.05) is 49.1 Å². The molecule has 20 heavy (non-hydrogen) atoms. The molecule has 1 aromatic carbocycles. The fraction of sp³-hybridized carbons (Fsp3) is 0.625. The Hall–Kier alpha value is -0.683. The Morgan fingerprint density at radius 2 is 1.80 bits per heavy atom. The van der Waals surface area contributed by atoms with E-state index in [2.05, 4.69) is 60.8 Å². The molecule has 1 aliphatic rings. The minimum absolute atomic E-state index is 0.491. The molecule has 2 rings (SSSR count). The van der Waals surface area contributed by atoms with Crippen LogP contribution in [0.25, 0.3) is 0 Å². The Morgan fingerprint density at radius 1 is 1.15 bits per heavy atom. The van der Waals surface area contributed by atoms with Gasteiger partial charge in [-0.2, -0.15) is 0 Å². The Morgan fingerprint density at radius 3 is 2.35 bits per heavy atom. The van der Waals surface area contributed by atoms with Crippen LogP contribution in [-0.4, -0.2) is 57.1 Å². The molecule has 1 aliphatic heterocycles. The van der Waals surface area contributed by atoms with Gasteiger partial charge in [0.05, 0.1) is 8.07 Å². The van der Waals surface area contributed by atoms with E-state index in [1.54, 1.807) is 0 Å². The molecular weight excluding hydrogens is 262 g/mol. The van der Waals surface area contributed by atoms with Gasteiger partial charge in [0.2, 0.25) is 0 Å². The lowest BCUT2D eigenvalue weighted by atomic mass is 10.1. The number of hydrogen-bond donors (Lipinski definition) is 1. The van der Waals surface area contributed by atoms with Crippen LogP contribution in [-0.2, 0) is 6.54 Å². The molecule has 4 heteroatoms. The van der Waals surface area contributed by atoms with Gasteiger partial charge in [0.15, 0.2) is 0 Å². The van der Waals surface area contributed by atoms with Crippen molar-refractivity contribution in [3.8, 4) is 0 Å². The van der Waals surface area contributed by atoms with Gasteiger partial charge in [0.25, 0.3) is 0 Å². The van der Waals surface area contributed by atoms with E-state index in [0.29, 0.717) is 6.04 Å². The molecular formula is C16H29N3Si. The van der Waals surface area contributed by atoms with Crippen molar-refractivity contribution < 1.29 is 0 Å². The first-order valence-electron chi connectivity index (χ1n) is 7.62. The van der Waals surface area contributed by atoms with Crippen LogP contribution >= 0.6 is 0 Å². The highest BCUT2D eigenvalue weighted by molar-refractivity contribution is 6.88. The average Bonchev–Trinajstić information content (AvgIpc) is 2.40. The van der Waals surface area contributed by atoms with Crippen molar-refractivity contribution in [3.05, 3.63) is 29.8 Å². The van der Waals surface area contributed by atoms with E-state index in [9.17, 15) is 0 Å². The number of piperazine rings is 1. The van der Waals surface area contributed by atoms with Gasteiger partial charge < -0.3 is 10.6 Å². The van der Waals surface area contributed by atoms with Crippen LogP contribution in [0, 0.1) is 0 Å². The molecule has 1 saturated heterocycles. The van der Waals surface area contributed by atoms with Crippen LogP contribution in [0.3, 0.4) is 0 Å². The first-order chi connectivity index (χ1) is 9.40. The third-order valence-electron chi connectivity index (χ3n) is 4.29. The Kier molecular flexibility index (Phi) is 5.02. The summed E-state index contributed by atoms with van der Waals surface area (Å²) in [6.45, 7) is 12.3. The molecule has 0 saturated carbocycles. The molecule has 0 radical (unpaired) electrons. The smallest absolute Gasteiger partial charge is 0.0775 e. The maximum atomic E-state index is 5.93. The lowest BCUT2D eigenvalue weighted by Gasteiger charge is -2.39. The summed E-state index contributed by atoms with van der Waals surface area (Å²) >= 11 is 0. The number of hydrogen-bond acceptors (Lipinski definition) is 3. The van der Waals surface area contributed by atoms with E-state index in [-0.39, 0.29) is 0 Å². The summed E-state index contributed by atoms with van der Waals surface area (Å²) in [5.74, 6) is 0. The second-order valence-corrected chi connectivity index (χ2v) is 12.1. The summed E-state index contributed by atoms with van der Waals surface area (Å²) < 4.78 is 0. The van der Waals surface area contributed by atoms with Crippen molar-refractivity contribution in [1.82, 2.24) is 9.80 Å². The predicted octanol–water partition coefficient (Wildman–Crippen LogP) is 1.31. The zero-order valence-electron chi connectivity index (χ0n) is 13.4. The van der Waals surface area contributed by atoms with Crippen molar-refractivity contribution in [1.29, 1.82) is 0 Å². The fourth-order valence-corrected chi connectivity index (χ4v) is 3.99. The topological polar surface area (TPSA) is 32.5 Å². The highest BCUT2D eigenvalue weighted by Gasteiger charge is 2.24. The summed E-state index contributed by atoms with van der Waals surface area (Å²) in [7, 11) is 1.00. The summed E-state index contributed by atoms with van der Waals surface area (Å²) in [4.78, 5) is 4.91. The van der Waals surface area contributed by atoms with Crippen LogP contribution in [0.4, 0.5) is 0 Å². The van der Waals surface area contributed by atoms with E-state index >= 15 is 0 Å². The first-order valence-corrected chi connectivity index (χ1v) is 11.1. The monoisotopic (exact) mass is 291 g/mol. The van der Waals surface area contributed by atoms with Crippen LogP contribution < -0.4 is 10.9 Å². The zero-order chi connectivity index (χ0) is 14.8. The van der Waals surface area contributed by atoms with E-state index < -0.39 is 8.07 Å². The molecule has 1 aromatic rings. The second-order valence-electron chi connectivity index (χ2n) is 7.07. The SMILES string of the molecule is CN1CCN(Cc2ccc([Si](C)(C)C)cc2)C(CN)C1. The first kappa shape index (κ1) is 15.7. The average molecular weight is 292 g/mol. The predicted molar refractivity (Wildman–Crippen MR) is 90.2 cm³/mol. The van der Waals surface area contributed by atoms with Crippen LogP contribution in [0.1, 0.15) is 5.56 Å². The minimum Gasteiger partial charge on any atom is -0.329 e. The molecule has 1 atom stereocenters. The maximum Gasteiger partial charge on any atom is 0.0775 e. The molecule has 0 bridgehead atoms. The van der Waals surface area contributed by atoms with Crippen molar-refractivity contribution in [3.63, 3.8) is 0 Å². The van der Waals surface area contributed by atoms with Crippen LogP contribution in [0.5, 0.6) is 0 Å². The molecule has 0 aliphatic carbocycles. The van der Waals surface area contributed by atoms with Gasteiger partial charge in [-0.3, -0.25) is 4.90 Å². The quantitative estimate of drug-likeness (QED) is 0.849. The fourth-order valence-electron chi connectivity index (χ4n) is 2.82. The molecule has 0 amide bonds. The minimum atomic E-state index is -1.18. The van der Waals surface area contributed by atoms with Crippen molar-refractivity contribution in [2.24, 2.45) is 5.73 Å². The van der Waals surface area contributed by atoms with Gasteiger partial charge in [-0.15, -0.1) is 0 Å². The van der Waals surface area contributed by atoms with Gasteiger partial charge in [-0.05, 0) is 12.6 Å². The Bertz CT molecular complexity index is 424. The number of likely N-dealkylation sites (N-methyl/N-ethyl adjacent to an activating group) is 1. The largest absolute Gasteiger partial charge is 0.329 e. The lowest BCUT2D eigenvalue weighted by Crippen LogP contribution is -2.54. The Balaban J connectivity index is 2.02. The van der Waals surface area contributed by atoms with Gasteiger partial charge >= 0.3 is 0 Å². The molecule has 1 fully saturated rings. The summed E-state index contributed by atoms with van der Waals surface area (Å²) in [6, 6.07) is 9.76. The molecule has 2 N–H and O–H groups in total. The molecule has 112 valence electrons. The van der Waals surface area contributed by atoms with E-state index in [4.69, 9.17) is 5.73 Å². The molecule has 0 spiro atoms. The van der Waals surface area contributed by atoms with Gasteiger partial charge in [-0.25, -0.2) is 0 Å². The summed E-state index contributed by atoms with van der Waals surface area (Å²) in [5.41, 5.74) is 7.34. The van der Waals surface area contributed by atoms with E-state index in [1.165, 1.54) is 10.8 Å². The van der Waals surface area contributed by atoms with Gasteiger partial charge in [0.1, 0.15) is 0 Å². The summed E-state index contributed by atoms with van der Waals surface area (Å²) in [5, 5.41) is 1.54. The second kappa shape index (κ2) is 6.39. The molecule has 1 heterocycles. The van der Waals surface area contributed by atoms with Gasteiger partial charge in [0, 0.05) is 38.8 Å². The summed E-state index contributed by atoms with van der Waals surface area (Å²) in [6.07, 6.45) is 0. The number of benzene rings is 1. The van der Waals surface area contributed by atoms with Crippen LogP contribution in [0.15, 0.2) is 24.3 Å². The zero-order valence-corrected chi connectivity index (χ0v) is 14.4.